The second-order valence-corrected chi connectivity index (χ2v) is 5.94. The molecular formula is C16H18FNO4. The summed E-state index contributed by atoms with van der Waals surface area (Å²) in [6.07, 6.45) is 4.01. The van der Waals surface area contributed by atoms with Crippen LogP contribution in [0.15, 0.2) is 18.2 Å². The van der Waals surface area contributed by atoms with Crippen molar-refractivity contribution < 1.29 is 23.8 Å². The van der Waals surface area contributed by atoms with Gasteiger partial charge in [0.15, 0.2) is 0 Å². The van der Waals surface area contributed by atoms with E-state index in [1.54, 1.807) is 0 Å². The number of benzene rings is 1. The first-order valence-electron chi connectivity index (χ1n) is 7.50. The lowest BCUT2D eigenvalue weighted by Gasteiger charge is -2.30. The van der Waals surface area contributed by atoms with Gasteiger partial charge in [-0.2, -0.15) is 0 Å². The van der Waals surface area contributed by atoms with Crippen molar-refractivity contribution in [1.82, 2.24) is 5.32 Å². The summed E-state index contributed by atoms with van der Waals surface area (Å²) in [5.41, 5.74) is -0.298. The van der Waals surface area contributed by atoms with Gasteiger partial charge in [-0.05, 0) is 49.8 Å². The minimum absolute atomic E-state index is 0.0228. The fourth-order valence-electron chi connectivity index (χ4n) is 2.85. The van der Waals surface area contributed by atoms with Gasteiger partial charge < -0.3 is 15.2 Å². The zero-order chi connectivity index (χ0) is 15.7. The Labute approximate surface area is 127 Å². The fourth-order valence-corrected chi connectivity index (χ4v) is 2.85. The molecule has 2 unspecified atom stereocenters. The number of hydrogen-bond donors (Lipinski definition) is 2. The van der Waals surface area contributed by atoms with E-state index in [0.29, 0.717) is 18.9 Å². The van der Waals surface area contributed by atoms with Gasteiger partial charge in [0.1, 0.15) is 5.82 Å². The van der Waals surface area contributed by atoms with Crippen molar-refractivity contribution in [2.75, 3.05) is 6.61 Å². The van der Waals surface area contributed by atoms with E-state index >= 15 is 0 Å². The van der Waals surface area contributed by atoms with Crippen LogP contribution >= 0.6 is 0 Å². The van der Waals surface area contributed by atoms with E-state index in [1.165, 1.54) is 25.0 Å². The molecule has 3 rings (SSSR count). The van der Waals surface area contributed by atoms with Crippen LogP contribution in [0.1, 0.15) is 46.4 Å². The molecule has 1 aliphatic heterocycles. The molecule has 1 saturated heterocycles. The maximum atomic E-state index is 13.9. The average molecular weight is 307 g/mol. The van der Waals surface area contributed by atoms with Crippen LogP contribution < -0.4 is 5.32 Å². The average Bonchev–Trinajstić information content (AvgIpc) is 3.31. The molecule has 1 aliphatic carbocycles. The van der Waals surface area contributed by atoms with E-state index in [0.717, 1.165) is 12.5 Å². The van der Waals surface area contributed by atoms with Gasteiger partial charge in [-0.3, -0.25) is 4.79 Å². The van der Waals surface area contributed by atoms with E-state index in [9.17, 15) is 14.0 Å². The number of carbonyl (C=O) groups excluding carboxylic acids is 1. The molecule has 1 saturated carbocycles. The molecule has 2 fully saturated rings. The lowest BCUT2D eigenvalue weighted by Crippen LogP contribution is -2.42. The Bertz CT molecular complexity index is 600. The van der Waals surface area contributed by atoms with Crippen molar-refractivity contribution in [3.05, 3.63) is 35.1 Å². The highest BCUT2D eigenvalue weighted by Crippen LogP contribution is 2.38. The van der Waals surface area contributed by atoms with Gasteiger partial charge in [-0.25, -0.2) is 9.18 Å². The van der Waals surface area contributed by atoms with E-state index in [-0.39, 0.29) is 23.3 Å². The Morgan fingerprint density at radius 2 is 2.05 bits per heavy atom. The number of hydrogen-bond acceptors (Lipinski definition) is 3. The molecule has 0 aromatic heterocycles. The molecule has 2 N–H and O–H groups in total. The Morgan fingerprint density at radius 1 is 1.27 bits per heavy atom. The van der Waals surface area contributed by atoms with Crippen LogP contribution in [0.5, 0.6) is 0 Å². The van der Waals surface area contributed by atoms with Gasteiger partial charge in [-0.1, -0.05) is 0 Å². The van der Waals surface area contributed by atoms with Gasteiger partial charge in [0.05, 0.1) is 17.2 Å². The first-order chi connectivity index (χ1) is 10.5. The minimum atomic E-state index is -1.22. The zero-order valence-electron chi connectivity index (χ0n) is 12.0. The SMILES string of the molecule is O=C(O)c1ccc(C(=O)NC2CCOC(C3CC3)C2)c(F)c1. The van der Waals surface area contributed by atoms with Gasteiger partial charge in [0.25, 0.3) is 5.91 Å². The van der Waals surface area contributed by atoms with E-state index in [2.05, 4.69) is 5.32 Å². The van der Waals surface area contributed by atoms with Gasteiger partial charge in [0.2, 0.25) is 0 Å². The molecule has 0 spiro atoms. The van der Waals surface area contributed by atoms with Crippen LogP contribution in [0.4, 0.5) is 4.39 Å². The second kappa shape index (κ2) is 6.04. The Kier molecular flexibility index (Phi) is 4.11. The number of aromatic carboxylic acids is 1. The summed E-state index contributed by atoms with van der Waals surface area (Å²) in [6, 6.07) is 3.29. The summed E-state index contributed by atoms with van der Waals surface area (Å²) >= 11 is 0. The lowest BCUT2D eigenvalue weighted by atomic mass is 9.99. The number of carboxylic acid groups (broad SMARTS) is 1. The molecule has 1 amide bonds. The Balaban J connectivity index is 1.65. The third-order valence-corrected chi connectivity index (χ3v) is 4.26. The summed E-state index contributed by atoms with van der Waals surface area (Å²) in [4.78, 5) is 22.9. The van der Waals surface area contributed by atoms with Crippen LogP contribution in [0.3, 0.4) is 0 Å². The summed E-state index contributed by atoms with van der Waals surface area (Å²) in [5.74, 6) is -1.94. The van der Waals surface area contributed by atoms with Gasteiger partial charge >= 0.3 is 5.97 Å². The normalized spacial score (nSPS) is 24.8. The topological polar surface area (TPSA) is 75.6 Å². The number of amides is 1. The number of halogens is 1. The number of nitrogens with one attached hydrogen (secondary N) is 1. The van der Waals surface area contributed by atoms with Crippen molar-refractivity contribution in [3.63, 3.8) is 0 Å². The number of carbonyl (C=O) groups is 2. The maximum absolute atomic E-state index is 13.9. The number of rotatable bonds is 4. The quantitative estimate of drug-likeness (QED) is 0.894. The van der Waals surface area contributed by atoms with Crippen LogP contribution in [-0.2, 0) is 4.74 Å². The molecule has 1 aromatic carbocycles. The molecule has 22 heavy (non-hydrogen) atoms. The van der Waals surface area contributed by atoms with Crippen LogP contribution in [-0.4, -0.2) is 35.7 Å². The smallest absolute Gasteiger partial charge is 0.335 e. The van der Waals surface area contributed by atoms with Crippen molar-refractivity contribution >= 4 is 11.9 Å². The molecule has 5 nitrogen and oxygen atoms in total. The highest BCUT2D eigenvalue weighted by molar-refractivity contribution is 5.96. The largest absolute Gasteiger partial charge is 0.478 e. The predicted molar refractivity (Wildman–Crippen MR) is 76.3 cm³/mol. The van der Waals surface area contributed by atoms with Crippen molar-refractivity contribution in [1.29, 1.82) is 0 Å². The van der Waals surface area contributed by atoms with Crippen LogP contribution in [0.2, 0.25) is 0 Å². The summed E-state index contributed by atoms with van der Waals surface area (Å²) in [5, 5.41) is 11.6. The Hall–Kier alpha value is -1.95. The molecule has 0 radical (unpaired) electrons. The lowest BCUT2D eigenvalue weighted by molar-refractivity contribution is -0.0102. The summed E-state index contributed by atoms with van der Waals surface area (Å²) in [7, 11) is 0. The molecule has 2 atom stereocenters. The minimum Gasteiger partial charge on any atom is -0.478 e. The molecular weight excluding hydrogens is 289 g/mol. The van der Waals surface area contributed by atoms with Crippen molar-refractivity contribution in [2.45, 2.75) is 37.8 Å². The van der Waals surface area contributed by atoms with Gasteiger partial charge in [0, 0.05) is 12.6 Å². The first kappa shape index (κ1) is 15.0. The highest BCUT2D eigenvalue weighted by Gasteiger charge is 2.36. The fraction of sp³-hybridized carbons (Fsp3) is 0.500. The standard InChI is InChI=1S/C16H18FNO4/c17-13-7-10(16(20)21)3-4-12(13)15(19)18-11-5-6-22-14(8-11)9-1-2-9/h3-4,7,9,11,14H,1-2,5-6,8H2,(H,18,19)(H,20,21). The zero-order valence-corrected chi connectivity index (χ0v) is 12.0. The molecule has 2 aliphatic rings. The maximum Gasteiger partial charge on any atom is 0.335 e. The predicted octanol–water partition coefficient (Wildman–Crippen LogP) is 2.21. The van der Waals surface area contributed by atoms with E-state index in [4.69, 9.17) is 9.84 Å². The van der Waals surface area contributed by atoms with Crippen molar-refractivity contribution in [2.24, 2.45) is 5.92 Å². The molecule has 1 aromatic rings. The monoisotopic (exact) mass is 307 g/mol. The van der Waals surface area contributed by atoms with Gasteiger partial charge in [-0.15, -0.1) is 0 Å². The molecule has 0 bridgehead atoms. The van der Waals surface area contributed by atoms with Crippen molar-refractivity contribution in [3.8, 4) is 0 Å². The van der Waals surface area contributed by atoms with E-state index in [1.807, 2.05) is 0 Å². The third-order valence-electron chi connectivity index (χ3n) is 4.26. The number of ether oxygens (including phenoxy) is 1. The van der Waals surface area contributed by atoms with Crippen LogP contribution in [0, 0.1) is 11.7 Å². The second-order valence-electron chi connectivity index (χ2n) is 5.94. The summed E-state index contributed by atoms with van der Waals surface area (Å²) < 4.78 is 19.6. The number of carboxylic acids is 1. The molecule has 6 heteroatoms. The summed E-state index contributed by atoms with van der Waals surface area (Å²) in [6.45, 7) is 0.604. The highest BCUT2D eigenvalue weighted by atomic mass is 19.1. The van der Waals surface area contributed by atoms with Crippen LogP contribution in [0.25, 0.3) is 0 Å². The molecule has 118 valence electrons. The first-order valence-corrected chi connectivity index (χ1v) is 7.50. The molecule has 1 heterocycles. The third kappa shape index (κ3) is 3.27. The Morgan fingerprint density at radius 3 is 2.68 bits per heavy atom. The van der Waals surface area contributed by atoms with E-state index < -0.39 is 17.7 Å².